The van der Waals surface area contributed by atoms with E-state index in [1.54, 1.807) is 0 Å². The molecular formula is C17H18N2. The Balaban J connectivity index is 2.10. The molecule has 0 saturated heterocycles. The van der Waals surface area contributed by atoms with Gasteiger partial charge in [-0.15, -0.1) is 0 Å². The zero-order valence-corrected chi connectivity index (χ0v) is 11.6. The lowest BCUT2D eigenvalue weighted by molar-refractivity contribution is 0.571. The highest BCUT2D eigenvalue weighted by Gasteiger charge is 2.02. The number of allylic oxidation sites excluding steroid dienone is 1. The first-order valence-electron chi connectivity index (χ1n) is 6.35. The Hall–Kier alpha value is -2.27. The molecule has 0 aliphatic heterocycles. The Morgan fingerprint density at radius 2 is 1.89 bits per heavy atom. The van der Waals surface area contributed by atoms with Crippen LogP contribution in [0.4, 0.5) is 0 Å². The molecule has 2 nitrogen and oxygen atoms in total. The van der Waals surface area contributed by atoms with Gasteiger partial charge in [-0.2, -0.15) is 5.10 Å². The van der Waals surface area contributed by atoms with Crippen LogP contribution in [-0.4, -0.2) is 10.2 Å². The molecule has 2 rings (SSSR count). The maximum atomic E-state index is 4.29. The minimum absolute atomic E-state index is 0.0352. The number of aromatic amines is 1. The molecule has 0 aliphatic carbocycles. The molecule has 2 heteroatoms. The van der Waals surface area contributed by atoms with Crippen LogP contribution in [0.15, 0.2) is 42.5 Å². The monoisotopic (exact) mass is 250 g/mol. The van der Waals surface area contributed by atoms with Gasteiger partial charge in [-0.1, -0.05) is 42.2 Å². The number of hydrogen-bond acceptors (Lipinski definition) is 1. The average molecular weight is 250 g/mol. The standard InChI is InChI=1S/C17H18N2/c1-17(2,3)12-8-7-11-15-13-16(19-18-15)14-9-5-4-6-10-14/h4-7,9-11,13H,1-3H3,(H,18,19)/b11-7-. The van der Waals surface area contributed by atoms with E-state index in [-0.39, 0.29) is 5.41 Å². The van der Waals surface area contributed by atoms with Crippen LogP contribution in [0.2, 0.25) is 0 Å². The predicted molar refractivity (Wildman–Crippen MR) is 80.3 cm³/mol. The summed E-state index contributed by atoms with van der Waals surface area (Å²) in [6.07, 6.45) is 3.80. The van der Waals surface area contributed by atoms with Gasteiger partial charge in [-0.3, -0.25) is 5.10 Å². The second-order valence-corrected chi connectivity index (χ2v) is 5.43. The molecule has 0 aliphatic rings. The summed E-state index contributed by atoms with van der Waals surface area (Å²) in [5.41, 5.74) is 3.05. The van der Waals surface area contributed by atoms with Crippen LogP contribution in [0.25, 0.3) is 17.3 Å². The van der Waals surface area contributed by atoms with Crippen molar-refractivity contribution in [3.8, 4) is 23.1 Å². The van der Waals surface area contributed by atoms with Crippen LogP contribution in [0.5, 0.6) is 0 Å². The molecule has 1 aromatic heterocycles. The third kappa shape index (κ3) is 4.15. The average Bonchev–Trinajstić information content (AvgIpc) is 2.83. The van der Waals surface area contributed by atoms with Crippen LogP contribution in [0, 0.1) is 17.3 Å². The van der Waals surface area contributed by atoms with E-state index in [1.165, 1.54) is 0 Å². The highest BCUT2D eigenvalue weighted by Crippen LogP contribution is 2.17. The highest BCUT2D eigenvalue weighted by molar-refractivity contribution is 5.62. The van der Waals surface area contributed by atoms with Crippen molar-refractivity contribution in [2.45, 2.75) is 20.8 Å². The van der Waals surface area contributed by atoms with Crippen LogP contribution in [-0.2, 0) is 0 Å². The maximum absolute atomic E-state index is 4.29. The van der Waals surface area contributed by atoms with Gasteiger partial charge in [0.05, 0.1) is 11.4 Å². The smallest absolute Gasteiger partial charge is 0.0926 e. The molecule has 1 aromatic carbocycles. The maximum Gasteiger partial charge on any atom is 0.0926 e. The lowest BCUT2D eigenvalue weighted by Gasteiger charge is -2.05. The lowest BCUT2D eigenvalue weighted by Crippen LogP contribution is -1.98. The summed E-state index contributed by atoms with van der Waals surface area (Å²) in [4.78, 5) is 0. The number of rotatable bonds is 2. The van der Waals surface area contributed by atoms with E-state index in [0.29, 0.717) is 0 Å². The van der Waals surface area contributed by atoms with Crippen molar-refractivity contribution in [1.82, 2.24) is 10.2 Å². The van der Waals surface area contributed by atoms with Gasteiger partial charge in [0.15, 0.2) is 0 Å². The topological polar surface area (TPSA) is 28.7 Å². The molecular weight excluding hydrogens is 232 g/mol. The first-order valence-corrected chi connectivity index (χ1v) is 6.35. The zero-order chi connectivity index (χ0) is 13.7. The van der Waals surface area contributed by atoms with Gasteiger partial charge < -0.3 is 0 Å². The number of benzene rings is 1. The second-order valence-electron chi connectivity index (χ2n) is 5.43. The first-order chi connectivity index (χ1) is 9.04. The Labute approximate surface area is 114 Å². The van der Waals surface area contributed by atoms with Crippen molar-refractivity contribution in [2.75, 3.05) is 0 Å². The number of aromatic nitrogens is 2. The van der Waals surface area contributed by atoms with Crippen LogP contribution in [0.1, 0.15) is 26.5 Å². The van der Waals surface area contributed by atoms with Gasteiger partial charge in [0, 0.05) is 11.0 Å². The minimum atomic E-state index is 0.0352. The molecule has 0 unspecified atom stereocenters. The number of nitrogens with zero attached hydrogens (tertiary/aromatic N) is 1. The normalized spacial score (nSPS) is 11.3. The SMILES string of the molecule is CC(C)(C)C#C/C=C\c1cc(-c2ccccc2)n[nH]1. The summed E-state index contributed by atoms with van der Waals surface area (Å²) >= 11 is 0. The molecule has 0 radical (unpaired) electrons. The molecule has 96 valence electrons. The van der Waals surface area contributed by atoms with Gasteiger partial charge in [-0.05, 0) is 39.0 Å². The first kappa shape index (κ1) is 13.2. The second kappa shape index (κ2) is 5.58. The molecule has 1 heterocycles. The van der Waals surface area contributed by atoms with Crippen LogP contribution < -0.4 is 0 Å². The fourth-order valence-electron chi connectivity index (χ4n) is 1.57. The Morgan fingerprint density at radius 1 is 1.16 bits per heavy atom. The van der Waals surface area contributed by atoms with Crippen molar-refractivity contribution in [3.63, 3.8) is 0 Å². The van der Waals surface area contributed by atoms with Crippen molar-refractivity contribution in [3.05, 3.63) is 48.2 Å². The summed E-state index contributed by atoms with van der Waals surface area (Å²) < 4.78 is 0. The molecule has 0 atom stereocenters. The van der Waals surface area contributed by atoms with Crippen molar-refractivity contribution < 1.29 is 0 Å². The predicted octanol–water partition coefficient (Wildman–Crippen LogP) is 4.14. The van der Waals surface area contributed by atoms with Crippen molar-refractivity contribution in [1.29, 1.82) is 0 Å². The van der Waals surface area contributed by atoms with E-state index in [2.05, 4.69) is 42.8 Å². The molecule has 0 spiro atoms. The van der Waals surface area contributed by atoms with Gasteiger partial charge in [0.1, 0.15) is 0 Å². The van der Waals surface area contributed by atoms with E-state index in [9.17, 15) is 0 Å². The fraction of sp³-hybridized carbons (Fsp3) is 0.235. The third-order valence-corrected chi connectivity index (χ3v) is 2.46. The Morgan fingerprint density at radius 3 is 2.58 bits per heavy atom. The van der Waals surface area contributed by atoms with E-state index in [4.69, 9.17) is 0 Å². The summed E-state index contributed by atoms with van der Waals surface area (Å²) in [6, 6.07) is 12.1. The van der Waals surface area contributed by atoms with E-state index < -0.39 is 0 Å². The van der Waals surface area contributed by atoms with Gasteiger partial charge >= 0.3 is 0 Å². The summed E-state index contributed by atoms with van der Waals surface area (Å²) in [5.74, 6) is 6.20. The third-order valence-electron chi connectivity index (χ3n) is 2.46. The molecule has 19 heavy (non-hydrogen) atoms. The van der Waals surface area contributed by atoms with E-state index in [0.717, 1.165) is 17.0 Å². The molecule has 1 N–H and O–H groups in total. The van der Waals surface area contributed by atoms with Crippen molar-refractivity contribution >= 4 is 6.08 Å². The number of H-pyrrole nitrogens is 1. The molecule has 2 aromatic rings. The summed E-state index contributed by atoms with van der Waals surface area (Å²) in [5, 5.41) is 7.29. The Bertz CT molecular complexity index is 617. The largest absolute Gasteiger partial charge is 0.278 e. The summed E-state index contributed by atoms with van der Waals surface area (Å²) in [7, 11) is 0. The minimum Gasteiger partial charge on any atom is -0.278 e. The molecule has 0 saturated carbocycles. The zero-order valence-electron chi connectivity index (χ0n) is 11.6. The van der Waals surface area contributed by atoms with Crippen molar-refractivity contribution in [2.24, 2.45) is 5.41 Å². The quantitative estimate of drug-likeness (QED) is 0.797. The fourth-order valence-corrected chi connectivity index (χ4v) is 1.57. The summed E-state index contributed by atoms with van der Waals surface area (Å²) in [6.45, 7) is 6.28. The van der Waals surface area contributed by atoms with Crippen LogP contribution in [0.3, 0.4) is 0 Å². The molecule has 0 bridgehead atoms. The van der Waals surface area contributed by atoms with Gasteiger partial charge in [-0.25, -0.2) is 0 Å². The number of nitrogens with one attached hydrogen (secondary N) is 1. The van der Waals surface area contributed by atoms with Gasteiger partial charge in [0.2, 0.25) is 0 Å². The van der Waals surface area contributed by atoms with Crippen LogP contribution >= 0.6 is 0 Å². The Kier molecular flexibility index (Phi) is 3.87. The van der Waals surface area contributed by atoms with E-state index in [1.807, 2.05) is 48.6 Å². The van der Waals surface area contributed by atoms with E-state index >= 15 is 0 Å². The lowest BCUT2D eigenvalue weighted by atomic mass is 9.98. The molecule has 0 amide bonds. The molecule has 0 fully saturated rings. The number of hydrogen-bond donors (Lipinski definition) is 1. The highest BCUT2D eigenvalue weighted by atomic mass is 15.1. The van der Waals surface area contributed by atoms with Gasteiger partial charge in [0.25, 0.3) is 0 Å².